The van der Waals surface area contributed by atoms with Crippen molar-refractivity contribution in [2.24, 2.45) is 0 Å². The Morgan fingerprint density at radius 3 is 2.79 bits per heavy atom. The van der Waals surface area contributed by atoms with Crippen LogP contribution in [-0.2, 0) is 0 Å². The lowest BCUT2D eigenvalue weighted by atomic mass is 10.0. The minimum Gasteiger partial charge on any atom is -0.496 e. The van der Waals surface area contributed by atoms with E-state index in [1.807, 2.05) is 0 Å². The summed E-state index contributed by atoms with van der Waals surface area (Å²) in [5, 5.41) is 12.4. The second-order valence-corrected chi connectivity index (χ2v) is 3.93. The molecular formula is C13H12FNO4. The maximum absolute atomic E-state index is 13.5. The molecule has 6 heteroatoms. The first-order valence-electron chi connectivity index (χ1n) is 5.56. The van der Waals surface area contributed by atoms with Gasteiger partial charge in [0.25, 0.3) is 0 Å². The van der Waals surface area contributed by atoms with Crippen molar-refractivity contribution in [3.05, 3.63) is 35.6 Å². The summed E-state index contributed by atoms with van der Waals surface area (Å²) in [5.41, 5.74) is 1.15. The first-order valence-corrected chi connectivity index (χ1v) is 5.56. The fraction of sp³-hybridized carbons (Fsp3) is 0.231. The number of methoxy groups -OCH3 is 1. The lowest BCUT2D eigenvalue weighted by Gasteiger charge is -2.12. The molecule has 0 saturated carbocycles. The molecule has 1 N–H and O–H groups in total. The lowest BCUT2D eigenvalue weighted by Crippen LogP contribution is -1.96. The Morgan fingerprint density at radius 1 is 1.53 bits per heavy atom. The Morgan fingerprint density at radius 2 is 2.26 bits per heavy atom. The molecule has 0 saturated heterocycles. The molecule has 1 heterocycles. The highest BCUT2D eigenvalue weighted by Crippen LogP contribution is 2.36. The number of carbonyl (C=O) groups is 1. The molecule has 0 bridgehead atoms. The zero-order valence-electron chi connectivity index (χ0n) is 10.4. The number of aromatic nitrogens is 1. The van der Waals surface area contributed by atoms with E-state index in [1.54, 1.807) is 18.2 Å². The molecule has 0 amide bonds. The smallest absolute Gasteiger partial charge is 0.374 e. The number of benzene rings is 1. The van der Waals surface area contributed by atoms with Gasteiger partial charge in [-0.15, -0.1) is 0 Å². The van der Waals surface area contributed by atoms with Crippen LogP contribution in [0.4, 0.5) is 4.39 Å². The maximum atomic E-state index is 13.5. The Labute approximate surface area is 108 Å². The third kappa shape index (κ3) is 2.42. The summed E-state index contributed by atoms with van der Waals surface area (Å²) in [6, 6.07) is 6.19. The van der Waals surface area contributed by atoms with Gasteiger partial charge in [-0.2, -0.15) is 0 Å². The molecule has 0 radical (unpaired) electrons. The number of alkyl halides is 1. The van der Waals surface area contributed by atoms with Crippen LogP contribution in [0.5, 0.6) is 5.75 Å². The van der Waals surface area contributed by atoms with Gasteiger partial charge in [0.05, 0.1) is 7.11 Å². The largest absolute Gasteiger partial charge is 0.496 e. The fourth-order valence-corrected chi connectivity index (χ4v) is 1.80. The summed E-state index contributed by atoms with van der Waals surface area (Å²) in [6.45, 7) is 1.40. The normalized spacial score (nSPS) is 12.2. The lowest BCUT2D eigenvalue weighted by molar-refractivity contribution is 0.0652. The van der Waals surface area contributed by atoms with Gasteiger partial charge in [0.15, 0.2) is 0 Å². The van der Waals surface area contributed by atoms with E-state index >= 15 is 0 Å². The van der Waals surface area contributed by atoms with E-state index in [4.69, 9.17) is 9.84 Å². The molecule has 5 nitrogen and oxygen atoms in total. The van der Waals surface area contributed by atoms with E-state index in [9.17, 15) is 9.18 Å². The van der Waals surface area contributed by atoms with E-state index in [1.165, 1.54) is 20.1 Å². The van der Waals surface area contributed by atoms with Crippen LogP contribution in [0.25, 0.3) is 11.3 Å². The van der Waals surface area contributed by atoms with Crippen molar-refractivity contribution in [3.63, 3.8) is 0 Å². The second kappa shape index (κ2) is 5.09. The third-order valence-corrected chi connectivity index (χ3v) is 2.68. The highest BCUT2D eigenvalue weighted by molar-refractivity contribution is 5.86. The van der Waals surface area contributed by atoms with E-state index in [-0.39, 0.29) is 11.5 Å². The minimum absolute atomic E-state index is 0.282. The number of aromatic carboxylic acids is 1. The summed E-state index contributed by atoms with van der Waals surface area (Å²) in [5.74, 6) is -1.17. The van der Waals surface area contributed by atoms with Gasteiger partial charge in [0.1, 0.15) is 17.6 Å². The molecule has 2 rings (SSSR count). The van der Waals surface area contributed by atoms with Gasteiger partial charge in [-0.3, -0.25) is 0 Å². The number of ether oxygens (including phenoxy) is 1. The second-order valence-electron chi connectivity index (χ2n) is 3.93. The fourth-order valence-electron chi connectivity index (χ4n) is 1.80. The summed E-state index contributed by atoms with van der Waals surface area (Å²) in [4.78, 5) is 10.8. The molecule has 100 valence electrons. The van der Waals surface area contributed by atoms with E-state index in [0.29, 0.717) is 16.9 Å². The van der Waals surface area contributed by atoms with Crippen molar-refractivity contribution < 1.29 is 23.6 Å². The molecule has 1 unspecified atom stereocenters. The first kappa shape index (κ1) is 13.1. The average molecular weight is 265 g/mol. The molecular weight excluding hydrogens is 253 g/mol. The summed E-state index contributed by atoms with van der Waals surface area (Å²) in [6.07, 6.45) is -1.21. The number of hydrogen-bond acceptors (Lipinski definition) is 4. The van der Waals surface area contributed by atoms with Crippen molar-refractivity contribution >= 4 is 5.97 Å². The number of rotatable bonds is 4. The van der Waals surface area contributed by atoms with Gasteiger partial charge in [-0.1, -0.05) is 17.3 Å². The number of halogens is 1. The standard InChI is InChI=1S/C13H12FNO4/c1-7(14)8-4-3-5-9(12(8)18-2)10-6-11(13(16)17)19-15-10/h3-7H,1-2H3,(H,16,17). The molecule has 0 spiro atoms. The zero-order valence-corrected chi connectivity index (χ0v) is 10.4. The first-order chi connectivity index (χ1) is 9.04. The van der Waals surface area contributed by atoms with Gasteiger partial charge in [0, 0.05) is 17.2 Å². The van der Waals surface area contributed by atoms with Gasteiger partial charge in [0.2, 0.25) is 5.76 Å². The number of nitrogens with zero attached hydrogens (tertiary/aromatic N) is 1. The summed E-state index contributed by atoms with van der Waals surface area (Å²) < 4.78 is 23.4. The molecule has 0 aliphatic rings. The Bertz CT molecular complexity index is 606. The van der Waals surface area contributed by atoms with Crippen molar-refractivity contribution in [2.75, 3.05) is 7.11 Å². The molecule has 1 atom stereocenters. The molecule has 2 aromatic rings. The molecule has 0 aliphatic heterocycles. The van der Waals surface area contributed by atoms with Crippen LogP contribution in [0.15, 0.2) is 28.8 Å². The van der Waals surface area contributed by atoms with Crippen LogP contribution in [0.1, 0.15) is 29.2 Å². The van der Waals surface area contributed by atoms with Crippen molar-refractivity contribution in [1.82, 2.24) is 5.16 Å². The van der Waals surface area contributed by atoms with Crippen molar-refractivity contribution in [1.29, 1.82) is 0 Å². The van der Waals surface area contributed by atoms with Crippen LogP contribution in [0.2, 0.25) is 0 Å². The maximum Gasteiger partial charge on any atom is 0.374 e. The number of carboxylic acids is 1. The average Bonchev–Trinajstić information content (AvgIpc) is 2.87. The molecule has 0 fully saturated rings. The third-order valence-electron chi connectivity index (χ3n) is 2.68. The van der Waals surface area contributed by atoms with Crippen molar-refractivity contribution in [3.8, 4) is 17.0 Å². The molecule has 0 aliphatic carbocycles. The van der Waals surface area contributed by atoms with Gasteiger partial charge in [-0.25, -0.2) is 9.18 Å². The van der Waals surface area contributed by atoms with Crippen molar-refractivity contribution in [2.45, 2.75) is 13.1 Å². The van der Waals surface area contributed by atoms with Gasteiger partial charge >= 0.3 is 5.97 Å². The van der Waals surface area contributed by atoms with Crippen LogP contribution in [0.3, 0.4) is 0 Å². The van der Waals surface area contributed by atoms with Crippen LogP contribution in [-0.4, -0.2) is 23.3 Å². The quantitative estimate of drug-likeness (QED) is 0.919. The number of carboxylic acid groups (broad SMARTS) is 1. The monoisotopic (exact) mass is 265 g/mol. The highest BCUT2D eigenvalue weighted by atomic mass is 19.1. The van der Waals surface area contributed by atoms with E-state index in [0.717, 1.165) is 0 Å². The van der Waals surface area contributed by atoms with E-state index < -0.39 is 12.1 Å². The predicted molar refractivity (Wildman–Crippen MR) is 65.0 cm³/mol. The van der Waals surface area contributed by atoms with Crippen LogP contribution < -0.4 is 4.74 Å². The highest BCUT2D eigenvalue weighted by Gasteiger charge is 2.19. The Hall–Kier alpha value is -2.37. The Balaban J connectivity index is 2.54. The van der Waals surface area contributed by atoms with Crippen LogP contribution >= 0.6 is 0 Å². The summed E-state index contributed by atoms with van der Waals surface area (Å²) >= 11 is 0. The number of hydrogen-bond donors (Lipinski definition) is 1. The van der Waals surface area contributed by atoms with Gasteiger partial charge in [-0.05, 0) is 13.0 Å². The molecule has 19 heavy (non-hydrogen) atoms. The minimum atomic E-state index is -1.22. The molecule has 1 aromatic carbocycles. The van der Waals surface area contributed by atoms with Crippen LogP contribution in [0, 0.1) is 0 Å². The van der Waals surface area contributed by atoms with E-state index in [2.05, 4.69) is 9.68 Å². The molecule has 1 aromatic heterocycles. The SMILES string of the molecule is COc1c(-c2cc(C(=O)O)on2)cccc1C(C)F. The number of para-hydroxylation sites is 1. The Kier molecular flexibility index (Phi) is 3.50. The van der Waals surface area contributed by atoms with Gasteiger partial charge < -0.3 is 14.4 Å². The predicted octanol–water partition coefficient (Wildman–Crippen LogP) is 3.08. The zero-order chi connectivity index (χ0) is 14.0. The topological polar surface area (TPSA) is 72.6 Å². The summed E-state index contributed by atoms with van der Waals surface area (Å²) in [7, 11) is 1.42.